The fourth-order valence-electron chi connectivity index (χ4n) is 1.81. The summed E-state index contributed by atoms with van der Waals surface area (Å²) in [5, 5.41) is 21.5. The van der Waals surface area contributed by atoms with E-state index in [1.807, 2.05) is 6.92 Å². The molecule has 0 aromatic rings. The van der Waals surface area contributed by atoms with Gasteiger partial charge in [0.25, 0.3) is 0 Å². The van der Waals surface area contributed by atoms with E-state index in [1.165, 1.54) is 0 Å². The van der Waals surface area contributed by atoms with Crippen LogP contribution in [0.4, 0.5) is 0 Å². The number of thioether (sulfide) groups is 1. The molecular formula is C12H23NO4S. The van der Waals surface area contributed by atoms with Crippen LogP contribution < -0.4 is 5.32 Å². The first-order valence-corrected chi connectivity index (χ1v) is 7.53. The first kappa shape index (κ1) is 15.8. The van der Waals surface area contributed by atoms with Crippen LogP contribution in [-0.4, -0.2) is 52.7 Å². The second-order valence-corrected chi connectivity index (χ2v) is 5.69. The average molecular weight is 277 g/mol. The number of aliphatic hydroxyl groups excluding tert-OH is 2. The topological polar surface area (TPSA) is 78.8 Å². The monoisotopic (exact) mass is 277 g/mol. The van der Waals surface area contributed by atoms with Crippen LogP contribution in [0.1, 0.15) is 32.6 Å². The molecule has 0 aromatic carbocycles. The molecule has 0 bridgehead atoms. The Morgan fingerprint density at radius 1 is 1.50 bits per heavy atom. The Morgan fingerprint density at radius 3 is 2.94 bits per heavy atom. The number of hydrogen-bond donors (Lipinski definition) is 3. The molecule has 1 amide bonds. The van der Waals surface area contributed by atoms with E-state index in [1.54, 1.807) is 11.8 Å². The maximum absolute atomic E-state index is 11.0. The van der Waals surface area contributed by atoms with Gasteiger partial charge in [0.1, 0.15) is 5.44 Å². The maximum Gasteiger partial charge on any atom is 0.219 e. The lowest BCUT2D eigenvalue weighted by Crippen LogP contribution is -2.36. The van der Waals surface area contributed by atoms with Crippen LogP contribution in [0.3, 0.4) is 0 Å². The second kappa shape index (κ2) is 8.74. The van der Waals surface area contributed by atoms with Crippen LogP contribution in [0.15, 0.2) is 0 Å². The van der Waals surface area contributed by atoms with E-state index in [4.69, 9.17) is 9.84 Å². The Balaban J connectivity index is 2.09. The molecule has 3 N–H and O–H groups in total. The summed E-state index contributed by atoms with van der Waals surface area (Å²) in [6, 6.07) is 0. The van der Waals surface area contributed by atoms with Crippen LogP contribution in [0.5, 0.6) is 0 Å². The van der Waals surface area contributed by atoms with Crippen molar-refractivity contribution in [3.05, 3.63) is 0 Å². The van der Waals surface area contributed by atoms with Gasteiger partial charge in [-0.25, -0.2) is 0 Å². The highest BCUT2D eigenvalue weighted by Crippen LogP contribution is 2.27. The van der Waals surface area contributed by atoms with Gasteiger partial charge in [-0.15, -0.1) is 11.8 Å². The van der Waals surface area contributed by atoms with E-state index in [0.29, 0.717) is 25.8 Å². The molecule has 1 fully saturated rings. The smallest absolute Gasteiger partial charge is 0.219 e. The highest BCUT2D eigenvalue weighted by atomic mass is 32.2. The standard InChI is InChI=1S/C12H23NO4S/c1-2-11(16)13-4-3-5-18-12-7-9(15)6-10(8-14)17-12/h9-10,12,14-15H,2-8H2,1H3,(H,13,16). The third-order valence-electron chi connectivity index (χ3n) is 2.82. The van der Waals surface area contributed by atoms with Gasteiger partial charge in [-0.3, -0.25) is 4.79 Å². The van der Waals surface area contributed by atoms with E-state index in [9.17, 15) is 9.90 Å². The predicted molar refractivity (Wildman–Crippen MR) is 71.4 cm³/mol. The Morgan fingerprint density at radius 2 is 2.28 bits per heavy atom. The molecule has 6 heteroatoms. The molecule has 0 aromatic heterocycles. The molecule has 0 spiro atoms. The maximum atomic E-state index is 11.0. The quantitative estimate of drug-likeness (QED) is 0.590. The number of carbonyl (C=O) groups excluding carboxylic acids is 1. The lowest BCUT2D eigenvalue weighted by molar-refractivity contribution is -0.120. The van der Waals surface area contributed by atoms with E-state index in [0.717, 1.165) is 12.2 Å². The first-order valence-electron chi connectivity index (χ1n) is 6.48. The van der Waals surface area contributed by atoms with Gasteiger partial charge in [0.15, 0.2) is 0 Å². The molecule has 0 radical (unpaired) electrons. The molecular weight excluding hydrogens is 254 g/mol. The zero-order valence-electron chi connectivity index (χ0n) is 10.8. The van der Waals surface area contributed by atoms with Crippen LogP contribution in [0.25, 0.3) is 0 Å². The number of hydrogen-bond acceptors (Lipinski definition) is 5. The number of aliphatic hydroxyl groups is 2. The van der Waals surface area contributed by atoms with Gasteiger partial charge < -0.3 is 20.3 Å². The summed E-state index contributed by atoms with van der Waals surface area (Å²) in [6.07, 6.45) is 1.90. The minimum absolute atomic E-state index is 0.0410. The van der Waals surface area contributed by atoms with E-state index < -0.39 is 0 Å². The van der Waals surface area contributed by atoms with Crippen molar-refractivity contribution in [1.82, 2.24) is 5.32 Å². The lowest BCUT2D eigenvalue weighted by Gasteiger charge is -2.31. The van der Waals surface area contributed by atoms with Crippen molar-refractivity contribution >= 4 is 17.7 Å². The van der Waals surface area contributed by atoms with Crippen LogP contribution >= 0.6 is 11.8 Å². The van der Waals surface area contributed by atoms with Gasteiger partial charge in [-0.05, 0) is 12.2 Å². The number of ether oxygens (including phenoxy) is 1. The van der Waals surface area contributed by atoms with Gasteiger partial charge in [-0.2, -0.15) is 0 Å². The Kier molecular flexibility index (Phi) is 7.65. The van der Waals surface area contributed by atoms with Gasteiger partial charge in [0.2, 0.25) is 5.91 Å². The summed E-state index contributed by atoms with van der Waals surface area (Å²) in [4.78, 5) is 11.0. The minimum atomic E-state index is -0.381. The van der Waals surface area contributed by atoms with Crippen LogP contribution in [0, 0.1) is 0 Å². The largest absolute Gasteiger partial charge is 0.394 e. The molecule has 1 aliphatic rings. The molecule has 1 saturated heterocycles. The fraction of sp³-hybridized carbons (Fsp3) is 0.917. The third-order valence-corrected chi connectivity index (χ3v) is 4.02. The van der Waals surface area contributed by atoms with E-state index >= 15 is 0 Å². The molecule has 0 saturated carbocycles. The number of carbonyl (C=O) groups is 1. The second-order valence-electron chi connectivity index (χ2n) is 4.42. The summed E-state index contributed by atoms with van der Waals surface area (Å²) in [5.41, 5.74) is -0.0484. The summed E-state index contributed by atoms with van der Waals surface area (Å²) < 4.78 is 5.62. The molecule has 1 heterocycles. The molecule has 3 atom stereocenters. The molecule has 18 heavy (non-hydrogen) atoms. The van der Waals surface area contributed by atoms with Crippen molar-refractivity contribution in [2.75, 3.05) is 18.9 Å². The van der Waals surface area contributed by atoms with Crippen molar-refractivity contribution < 1.29 is 19.7 Å². The molecule has 1 aliphatic heterocycles. The van der Waals surface area contributed by atoms with Crippen molar-refractivity contribution in [2.45, 2.75) is 50.3 Å². The van der Waals surface area contributed by atoms with Gasteiger partial charge >= 0.3 is 0 Å². The fourth-order valence-corrected chi connectivity index (χ4v) is 2.98. The summed E-state index contributed by atoms with van der Waals surface area (Å²) in [6.45, 7) is 2.47. The van der Waals surface area contributed by atoms with Gasteiger partial charge in [0.05, 0.1) is 18.8 Å². The molecule has 5 nitrogen and oxygen atoms in total. The third kappa shape index (κ3) is 6.04. The molecule has 1 rings (SSSR count). The summed E-state index contributed by atoms with van der Waals surface area (Å²) >= 11 is 1.63. The lowest BCUT2D eigenvalue weighted by atomic mass is 10.1. The average Bonchev–Trinajstić information content (AvgIpc) is 2.37. The molecule has 106 valence electrons. The normalized spacial score (nSPS) is 28.1. The number of rotatable bonds is 7. The molecule has 3 unspecified atom stereocenters. The van der Waals surface area contributed by atoms with Gasteiger partial charge in [-0.1, -0.05) is 6.92 Å². The van der Waals surface area contributed by atoms with Crippen molar-refractivity contribution in [3.63, 3.8) is 0 Å². The minimum Gasteiger partial charge on any atom is -0.394 e. The van der Waals surface area contributed by atoms with E-state index in [-0.39, 0.29) is 30.2 Å². The number of amides is 1. The van der Waals surface area contributed by atoms with Crippen LogP contribution in [0.2, 0.25) is 0 Å². The zero-order valence-corrected chi connectivity index (χ0v) is 11.6. The zero-order chi connectivity index (χ0) is 13.4. The van der Waals surface area contributed by atoms with E-state index in [2.05, 4.69) is 5.32 Å². The first-order chi connectivity index (χ1) is 8.65. The van der Waals surface area contributed by atoms with Gasteiger partial charge in [0, 0.05) is 25.8 Å². The highest BCUT2D eigenvalue weighted by Gasteiger charge is 2.27. The Labute approximate surface area is 112 Å². The summed E-state index contributed by atoms with van der Waals surface area (Å²) in [7, 11) is 0. The molecule has 0 aliphatic carbocycles. The Hall–Kier alpha value is -0.300. The van der Waals surface area contributed by atoms with Crippen molar-refractivity contribution in [3.8, 4) is 0 Å². The van der Waals surface area contributed by atoms with Crippen molar-refractivity contribution in [2.24, 2.45) is 0 Å². The van der Waals surface area contributed by atoms with Crippen LogP contribution in [-0.2, 0) is 9.53 Å². The Bertz CT molecular complexity index is 252. The summed E-state index contributed by atoms with van der Waals surface area (Å²) in [5.74, 6) is 0.948. The predicted octanol–water partition coefficient (Wildman–Crippen LogP) is 0.494. The highest BCUT2D eigenvalue weighted by molar-refractivity contribution is 7.99. The SMILES string of the molecule is CCC(=O)NCCCSC1CC(O)CC(CO)O1. The van der Waals surface area contributed by atoms with Crippen molar-refractivity contribution in [1.29, 1.82) is 0 Å². The number of nitrogens with one attached hydrogen (secondary N) is 1.